The molecule has 2 heterocycles. The first kappa shape index (κ1) is 27.8. The molecule has 36 heavy (non-hydrogen) atoms. The fourth-order valence-electron chi connectivity index (χ4n) is 6.32. The molecular weight excluding hydrogens is 456 g/mol. The number of ether oxygens (including phenoxy) is 5. The van der Waals surface area contributed by atoms with Gasteiger partial charge in [-0.3, -0.25) is 4.79 Å². The summed E-state index contributed by atoms with van der Waals surface area (Å²) in [6, 6.07) is 0. The molecule has 2 aliphatic heterocycles. The molecule has 7 atom stereocenters. The van der Waals surface area contributed by atoms with E-state index in [0.717, 1.165) is 64.6 Å². The normalized spacial score (nSPS) is 33.4. The highest BCUT2D eigenvalue weighted by Crippen LogP contribution is 2.49. The number of esters is 1. The summed E-state index contributed by atoms with van der Waals surface area (Å²) in [4.78, 5) is 11.2. The molecule has 4 aliphatic rings. The first-order valence-electron chi connectivity index (χ1n) is 14.7. The van der Waals surface area contributed by atoms with Gasteiger partial charge < -0.3 is 23.7 Å². The van der Waals surface area contributed by atoms with E-state index in [9.17, 15) is 4.79 Å². The first-order chi connectivity index (χ1) is 17.6. The van der Waals surface area contributed by atoms with E-state index in [-0.39, 0.29) is 30.8 Å². The Morgan fingerprint density at radius 2 is 1.89 bits per heavy atom. The molecule has 2 aliphatic carbocycles. The quantitative estimate of drug-likeness (QED) is 0.162. The lowest BCUT2D eigenvalue weighted by Gasteiger charge is -2.30. The molecular formula is C30H48O6. The Kier molecular flexibility index (Phi) is 11.3. The zero-order valence-corrected chi connectivity index (χ0v) is 22.5. The molecule has 4 rings (SSSR count). The monoisotopic (exact) mass is 504 g/mol. The molecule has 0 spiro atoms. The smallest absolute Gasteiger partial charge is 0.302 e. The summed E-state index contributed by atoms with van der Waals surface area (Å²) in [5.74, 6) is 1.19. The number of hydrogen-bond donors (Lipinski definition) is 0. The second kappa shape index (κ2) is 14.7. The fourth-order valence-corrected chi connectivity index (χ4v) is 6.32. The van der Waals surface area contributed by atoms with Crippen LogP contribution in [0.3, 0.4) is 0 Å². The first-order valence-corrected chi connectivity index (χ1v) is 14.7. The van der Waals surface area contributed by atoms with Crippen LogP contribution < -0.4 is 0 Å². The zero-order chi connectivity index (χ0) is 25.2. The molecule has 0 N–H and O–H groups in total. The number of carbonyl (C=O) groups excluding carboxylic acids is 1. The van der Waals surface area contributed by atoms with Gasteiger partial charge >= 0.3 is 5.97 Å². The van der Waals surface area contributed by atoms with Crippen LogP contribution in [-0.2, 0) is 28.5 Å². The fraction of sp³-hybridized carbons (Fsp3) is 0.833. The molecule has 6 nitrogen and oxygen atoms in total. The zero-order valence-electron chi connectivity index (χ0n) is 22.5. The van der Waals surface area contributed by atoms with E-state index in [1.54, 1.807) is 0 Å². The molecule has 3 fully saturated rings. The van der Waals surface area contributed by atoms with E-state index in [0.29, 0.717) is 24.4 Å². The third-order valence-corrected chi connectivity index (χ3v) is 8.22. The summed E-state index contributed by atoms with van der Waals surface area (Å²) in [7, 11) is 0. The largest absolute Gasteiger partial charge is 0.466 e. The molecule has 1 saturated carbocycles. The van der Waals surface area contributed by atoms with Crippen molar-refractivity contribution in [3.05, 3.63) is 23.8 Å². The minimum absolute atomic E-state index is 0.0712. The van der Waals surface area contributed by atoms with Gasteiger partial charge in [-0.25, -0.2) is 0 Å². The second-order valence-electron chi connectivity index (χ2n) is 11.1. The van der Waals surface area contributed by atoms with Crippen LogP contribution in [0.5, 0.6) is 0 Å². The summed E-state index contributed by atoms with van der Waals surface area (Å²) in [5.41, 5.74) is 1.42. The van der Waals surface area contributed by atoms with E-state index in [2.05, 4.69) is 25.2 Å². The lowest BCUT2D eigenvalue weighted by Crippen LogP contribution is -2.31. The summed E-state index contributed by atoms with van der Waals surface area (Å²) >= 11 is 0. The minimum atomic E-state index is -0.202. The maximum absolute atomic E-state index is 11.2. The second-order valence-corrected chi connectivity index (χ2v) is 11.1. The Balaban J connectivity index is 1.42. The molecule has 0 aromatic rings. The van der Waals surface area contributed by atoms with Crippen molar-refractivity contribution in [2.24, 2.45) is 17.8 Å². The van der Waals surface area contributed by atoms with Crippen molar-refractivity contribution >= 4 is 5.97 Å². The van der Waals surface area contributed by atoms with Gasteiger partial charge in [-0.05, 0) is 69.6 Å². The average molecular weight is 505 g/mol. The Morgan fingerprint density at radius 1 is 1.11 bits per heavy atom. The van der Waals surface area contributed by atoms with Gasteiger partial charge in [0.25, 0.3) is 0 Å². The van der Waals surface area contributed by atoms with Gasteiger partial charge in [0.1, 0.15) is 0 Å². The van der Waals surface area contributed by atoms with Crippen molar-refractivity contribution in [2.75, 3.05) is 19.8 Å². The highest BCUT2D eigenvalue weighted by molar-refractivity contribution is 5.65. The summed E-state index contributed by atoms with van der Waals surface area (Å²) in [6.45, 7) is 5.81. The summed E-state index contributed by atoms with van der Waals surface area (Å²) in [5, 5.41) is 0. The van der Waals surface area contributed by atoms with Gasteiger partial charge in [-0.1, -0.05) is 50.0 Å². The Morgan fingerprint density at radius 3 is 2.58 bits per heavy atom. The SMILES string of the molecule is CCCCCC(C=CC1C(OC2CCCCO2)C[C@H]2C=C(CCOC(C)=O)C[C@H]12)OC1CCCCO1. The number of hydrogen-bond acceptors (Lipinski definition) is 6. The number of carbonyl (C=O) groups is 1. The molecule has 5 unspecified atom stereocenters. The molecule has 0 aromatic carbocycles. The van der Waals surface area contributed by atoms with E-state index < -0.39 is 0 Å². The maximum atomic E-state index is 11.2. The van der Waals surface area contributed by atoms with Crippen LogP contribution in [0.4, 0.5) is 0 Å². The highest BCUT2D eigenvalue weighted by Gasteiger charge is 2.45. The van der Waals surface area contributed by atoms with Gasteiger partial charge in [0.15, 0.2) is 12.6 Å². The van der Waals surface area contributed by atoms with Gasteiger partial charge in [0.2, 0.25) is 0 Å². The van der Waals surface area contributed by atoms with Crippen molar-refractivity contribution in [1.29, 1.82) is 0 Å². The Hall–Kier alpha value is -1.21. The van der Waals surface area contributed by atoms with Crippen LogP contribution in [0.15, 0.2) is 23.8 Å². The molecule has 0 amide bonds. The van der Waals surface area contributed by atoms with E-state index in [1.165, 1.54) is 44.6 Å². The van der Waals surface area contributed by atoms with E-state index in [1.807, 2.05) is 0 Å². The topological polar surface area (TPSA) is 63.2 Å². The van der Waals surface area contributed by atoms with Crippen LogP contribution in [0.1, 0.15) is 97.3 Å². The molecule has 6 heteroatoms. The van der Waals surface area contributed by atoms with Gasteiger partial charge in [0, 0.05) is 32.5 Å². The predicted molar refractivity (Wildman–Crippen MR) is 139 cm³/mol. The maximum Gasteiger partial charge on any atom is 0.302 e. The Bertz CT molecular complexity index is 721. The van der Waals surface area contributed by atoms with Crippen molar-refractivity contribution in [3.63, 3.8) is 0 Å². The number of rotatable bonds is 13. The van der Waals surface area contributed by atoms with Crippen molar-refractivity contribution in [2.45, 2.75) is 122 Å². The summed E-state index contributed by atoms with van der Waals surface area (Å²) in [6.07, 6.45) is 21.5. The highest BCUT2D eigenvalue weighted by atomic mass is 16.7. The van der Waals surface area contributed by atoms with Crippen LogP contribution in [0, 0.1) is 17.8 Å². The molecule has 2 saturated heterocycles. The third kappa shape index (κ3) is 8.41. The van der Waals surface area contributed by atoms with E-state index in [4.69, 9.17) is 23.7 Å². The lowest BCUT2D eigenvalue weighted by molar-refractivity contribution is -0.193. The van der Waals surface area contributed by atoms with Crippen molar-refractivity contribution < 1.29 is 28.5 Å². The summed E-state index contributed by atoms with van der Waals surface area (Å²) < 4.78 is 30.1. The number of unbranched alkanes of at least 4 members (excludes halogenated alkanes) is 2. The van der Waals surface area contributed by atoms with Crippen molar-refractivity contribution in [3.8, 4) is 0 Å². The molecule has 0 bridgehead atoms. The van der Waals surface area contributed by atoms with Crippen molar-refractivity contribution in [1.82, 2.24) is 0 Å². The minimum Gasteiger partial charge on any atom is -0.466 e. The molecule has 0 aromatic heterocycles. The standard InChI is InChI=1S/C30H48O6/c1-3-4-5-10-25(35-29-11-6-8-16-33-29)13-14-26-27-20-23(15-18-32-22(2)31)19-24(27)21-28(26)36-30-12-7-9-17-34-30/h13-14,19,24-30H,3-12,15-18,20-21H2,1-2H3/t24-,25?,26?,27+,28?,29?,30?/m1/s1. The third-order valence-electron chi connectivity index (χ3n) is 8.22. The van der Waals surface area contributed by atoms with Gasteiger partial charge in [-0.15, -0.1) is 0 Å². The Labute approximate surface area is 218 Å². The van der Waals surface area contributed by atoms with Crippen LogP contribution >= 0.6 is 0 Å². The van der Waals surface area contributed by atoms with Gasteiger partial charge in [-0.2, -0.15) is 0 Å². The van der Waals surface area contributed by atoms with Crippen LogP contribution in [-0.4, -0.2) is 50.6 Å². The number of fused-ring (bicyclic) bond motifs is 1. The van der Waals surface area contributed by atoms with E-state index >= 15 is 0 Å². The molecule has 204 valence electrons. The average Bonchev–Trinajstić information content (AvgIpc) is 3.40. The molecule has 0 radical (unpaired) electrons. The van der Waals surface area contributed by atoms with Crippen LogP contribution in [0.2, 0.25) is 0 Å². The van der Waals surface area contributed by atoms with Gasteiger partial charge in [0.05, 0.1) is 18.8 Å². The predicted octanol–water partition coefficient (Wildman–Crippen LogP) is 6.48. The van der Waals surface area contributed by atoms with Crippen LogP contribution in [0.25, 0.3) is 0 Å². The lowest BCUT2D eigenvalue weighted by atomic mass is 9.88. The number of allylic oxidation sites excluding steroid dienone is 1.